The second-order valence-electron chi connectivity index (χ2n) is 6.31. The van der Waals surface area contributed by atoms with Gasteiger partial charge in [-0.3, -0.25) is 14.6 Å². The van der Waals surface area contributed by atoms with Gasteiger partial charge in [0.1, 0.15) is 23.7 Å². The number of furan rings is 1. The highest BCUT2D eigenvalue weighted by Crippen LogP contribution is 2.26. The zero-order valence-electron chi connectivity index (χ0n) is 15.2. The first-order chi connectivity index (χ1) is 12.2. The highest BCUT2D eigenvalue weighted by atomic mass is 16.3. The van der Waals surface area contributed by atoms with E-state index in [4.69, 9.17) is 4.42 Å². The van der Waals surface area contributed by atoms with E-state index in [1.54, 1.807) is 18.1 Å². The van der Waals surface area contributed by atoms with E-state index in [-0.39, 0.29) is 6.04 Å². The Morgan fingerprint density at radius 2 is 2.12 bits per heavy atom. The van der Waals surface area contributed by atoms with Crippen molar-refractivity contribution in [1.29, 1.82) is 0 Å². The van der Waals surface area contributed by atoms with Crippen LogP contribution in [0.1, 0.15) is 36.2 Å². The maximum atomic E-state index is 5.90. The minimum atomic E-state index is 0.213. The fourth-order valence-electron chi connectivity index (χ4n) is 3.15. The number of hydrogen-bond acceptors (Lipinski definition) is 5. The number of guanidine groups is 1. The number of rotatable bonds is 6. The Hall–Kier alpha value is -2.35. The van der Waals surface area contributed by atoms with Gasteiger partial charge >= 0.3 is 0 Å². The van der Waals surface area contributed by atoms with Crippen molar-refractivity contribution in [1.82, 2.24) is 30.3 Å². The van der Waals surface area contributed by atoms with Crippen LogP contribution >= 0.6 is 0 Å². The smallest absolute Gasteiger partial charge is 0.191 e. The second kappa shape index (κ2) is 8.15. The summed E-state index contributed by atoms with van der Waals surface area (Å²) in [6.07, 6.45) is 4.04. The van der Waals surface area contributed by atoms with Gasteiger partial charge in [-0.05, 0) is 45.0 Å². The largest absolute Gasteiger partial charge is 0.465 e. The molecule has 2 aromatic rings. The second-order valence-corrected chi connectivity index (χ2v) is 6.31. The molecule has 2 aromatic heterocycles. The van der Waals surface area contributed by atoms with Crippen LogP contribution in [-0.2, 0) is 13.6 Å². The molecule has 25 heavy (non-hydrogen) atoms. The van der Waals surface area contributed by atoms with E-state index in [2.05, 4.69) is 36.7 Å². The van der Waals surface area contributed by atoms with E-state index >= 15 is 0 Å². The summed E-state index contributed by atoms with van der Waals surface area (Å²) in [5, 5.41) is 10.8. The third-order valence-electron chi connectivity index (χ3n) is 4.58. The van der Waals surface area contributed by atoms with Crippen molar-refractivity contribution in [2.75, 3.05) is 26.7 Å². The highest BCUT2D eigenvalue weighted by molar-refractivity contribution is 5.79. The normalized spacial score (nSPS) is 17.0. The van der Waals surface area contributed by atoms with E-state index in [9.17, 15) is 0 Å². The maximum absolute atomic E-state index is 5.90. The van der Waals surface area contributed by atoms with Gasteiger partial charge in [0.25, 0.3) is 0 Å². The molecule has 0 radical (unpaired) electrons. The first kappa shape index (κ1) is 17.5. The van der Waals surface area contributed by atoms with Crippen molar-refractivity contribution in [3.8, 4) is 0 Å². The Bertz CT molecular complexity index is 699. The first-order valence-corrected chi connectivity index (χ1v) is 8.75. The van der Waals surface area contributed by atoms with Crippen molar-refractivity contribution in [3.63, 3.8) is 0 Å². The zero-order valence-corrected chi connectivity index (χ0v) is 15.2. The number of aryl methyl sites for hydroxylation is 2. The van der Waals surface area contributed by atoms with Gasteiger partial charge in [-0.2, -0.15) is 5.10 Å². The van der Waals surface area contributed by atoms with Gasteiger partial charge in [-0.15, -0.1) is 0 Å². The fourth-order valence-corrected chi connectivity index (χ4v) is 3.15. The van der Waals surface area contributed by atoms with Gasteiger partial charge in [0.05, 0.1) is 12.6 Å². The zero-order chi connectivity index (χ0) is 17.6. The quantitative estimate of drug-likeness (QED) is 0.605. The maximum Gasteiger partial charge on any atom is 0.191 e. The highest BCUT2D eigenvalue weighted by Gasteiger charge is 2.26. The molecule has 8 heteroatoms. The number of hydrogen-bond donors (Lipinski definition) is 2. The Balaban J connectivity index is 1.60. The van der Waals surface area contributed by atoms with Gasteiger partial charge in [0.15, 0.2) is 5.96 Å². The Kier molecular flexibility index (Phi) is 5.70. The van der Waals surface area contributed by atoms with Crippen LogP contribution in [0.15, 0.2) is 27.9 Å². The molecule has 1 aliphatic rings. The van der Waals surface area contributed by atoms with Crippen molar-refractivity contribution >= 4 is 5.96 Å². The molecular weight excluding hydrogens is 318 g/mol. The van der Waals surface area contributed by atoms with E-state index in [0.29, 0.717) is 6.54 Å². The molecule has 1 aliphatic heterocycles. The van der Waals surface area contributed by atoms with Crippen molar-refractivity contribution < 1.29 is 4.42 Å². The van der Waals surface area contributed by atoms with Crippen LogP contribution in [0.2, 0.25) is 0 Å². The number of nitrogens with one attached hydrogen (secondary N) is 2. The van der Waals surface area contributed by atoms with Gasteiger partial charge < -0.3 is 15.1 Å². The molecule has 0 aromatic carbocycles. The number of aliphatic imine (C=N–C) groups is 1. The van der Waals surface area contributed by atoms with Crippen molar-refractivity contribution in [3.05, 3.63) is 35.8 Å². The molecule has 2 N–H and O–H groups in total. The van der Waals surface area contributed by atoms with Gasteiger partial charge in [0.2, 0.25) is 0 Å². The van der Waals surface area contributed by atoms with Crippen LogP contribution in [0, 0.1) is 6.92 Å². The van der Waals surface area contributed by atoms with Crippen molar-refractivity contribution in [2.24, 2.45) is 12.0 Å². The van der Waals surface area contributed by atoms with Crippen LogP contribution in [0.5, 0.6) is 0 Å². The lowest BCUT2D eigenvalue weighted by Crippen LogP contribution is -2.42. The summed E-state index contributed by atoms with van der Waals surface area (Å²) >= 11 is 0. The van der Waals surface area contributed by atoms with E-state index in [0.717, 1.165) is 42.9 Å². The Morgan fingerprint density at radius 1 is 1.32 bits per heavy atom. The summed E-state index contributed by atoms with van der Waals surface area (Å²) < 4.78 is 7.64. The van der Waals surface area contributed by atoms with E-state index in [1.165, 1.54) is 12.8 Å². The molecule has 3 rings (SSSR count). The number of nitrogens with zero attached hydrogens (tertiary/aromatic N) is 5. The molecule has 1 fully saturated rings. The minimum absolute atomic E-state index is 0.213. The predicted molar refractivity (Wildman–Crippen MR) is 96.2 cm³/mol. The predicted octanol–water partition coefficient (Wildman–Crippen LogP) is 1.22. The summed E-state index contributed by atoms with van der Waals surface area (Å²) in [7, 11) is 3.65. The lowest BCUT2D eigenvalue weighted by molar-refractivity contribution is 0.213. The third kappa shape index (κ3) is 4.39. The van der Waals surface area contributed by atoms with Crippen LogP contribution in [0.3, 0.4) is 0 Å². The van der Waals surface area contributed by atoms with Crippen LogP contribution in [0.4, 0.5) is 0 Å². The topological polar surface area (TPSA) is 83.5 Å². The molecule has 0 saturated carbocycles. The molecule has 8 nitrogen and oxygen atoms in total. The summed E-state index contributed by atoms with van der Waals surface area (Å²) in [6, 6.07) is 4.32. The summed E-state index contributed by atoms with van der Waals surface area (Å²) in [6.45, 7) is 5.52. The SMILES string of the molecule is CN=C(NCc1ncnn1C)NCC(c1ccc(C)o1)N1CCCC1. The summed E-state index contributed by atoms with van der Waals surface area (Å²) in [4.78, 5) is 11.0. The average molecular weight is 345 g/mol. The summed E-state index contributed by atoms with van der Waals surface area (Å²) in [5.41, 5.74) is 0. The average Bonchev–Trinajstić information content (AvgIpc) is 3.34. The molecule has 1 atom stereocenters. The standard InChI is InChI=1S/C17H27N7O/c1-13-6-7-15(25-13)14(24-8-4-5-9-24)10-19-17(18-2)20-11-16-21-12-22-23(16)3/h6-7,12,14H,4-5,8-11H2,1-3H3,(H2,18,19,20). The lowest BCUT2D eigenvalue weighted by Gasteiger charge is -2.26. The fraction of sp³-hybridized carbons (Fsp3) is 0.588. The molecule has 0 bridgehead atoms. The monoisotopic (exact) mass is 345 g/mol. The van der Waals surface area contributed by atoms with Crippen LogP contribution < -0.4 is 10.6 Å². The third-order valence-corrected chi connectivity index (χ3v) is 4.58. The van der Waals surface area contributed by atoms with Crippen molar-refractivity contribution in [2.45, 2.75) is 32.4 Å². The van der Waals surface area contributed by atoms with E-state index < -0.39 is 0 Å². The number of likely N-dealkylation sites (tertiary alicyclic amines) is 1. The van der Waals surface area contributed by atoms with Crippen LogP contribution in [0.25, 0.3) is 0 Å². The molecule has 1 saturated heterocycles. The Morgan fingerprint density at radius 3 is 2.72 bits per heavy atom. The molecule has 1 unspecified atom stereocenters. The minimum Gasteiger partial charge on any atom is -0.465 e. The van der Waals surface area contributed by atoms with Gasteiger partial charge in [-0.1, -0.05) is 0 Å². The van der Waals surface area contributed by atoms with Gasteiger partial charge in [0, 0.05) is 20.6 Å². The van der Waals surface area contributed by atoms with Gasteiger partial charge in [-0.25, -0.2) is 4.98 Å². The molecule has 136 valence electrons. The molecule has 0 amide bonds. The molecule has 0 spiro atoms. The molecular formula is C17H27N7O. The summed E-state index contributed by atoms with van der Waals surface area (Å²) in [5.74, 6) is 3.57. The molecule has 0 aliphatic carbocycles. The lowest BCUT2D eigenvalue weighted by atomic mass is 10.2. The molecule has 3 heterocycles. The Labute approximate surface area is 148 Å². The number of aromatic nitrogens is 3. The first-order valence-electron chi connectivity index (χ1n) is 8.75. The van der Waals surface area contributed by atoms with Crippen LogP contribution in [-0.4, -0.2) is 52.3 Å². The van der Waals surface area contributed by atoms with E-state index in [1.807, 2.05) is 20.0 Å².